The molecule has 0 fully saturated rings. The van der Waals surface area contributed by atoms with Crippen molar-refractivity contribution in [2.24, 2.45) is 0 Å². The monoisotopic (exact) mass is 445 g/mol. The Kier molecular flexibility index (Phi) is 6.08. The SMILES string of the molecule is O=C(CCCn1c(=O)oc2ccccc21)Nc1nc(-c2ccccc2OC(F)F)cs1. The number of hydrogen-bond donors (Lipinski definition) is 1. The van der Waals surface area contributed by atoms with E-state index in [0.717, 1.165) is 0 Å². The zero-order valence-corrected chi connectivity index (χ0v) is 16.9. The zero-order valence-electron chi connectivity index (χ0n) is 16.1. The van der Waals surface area contributed by atoms with Gasteiger partial charge in [0.15, 0.2) is 10.7 Å². The number of benzene rings is 2. The second-order valence-electron chi connectivity index (χ2n) is 6.55. The molecule has 1 N–H and O–H groups in total. The molecule has 0 bridgehead atoms. The first kappa shape index (κ1) is 20.7. The minimum absolute atomic E-state index is 0.0125. The van der Waals surface area contributed by atoms with E-state index in [1.54, 1.807) is 41.8 Å². The van der Waals surface area contributed by atoms with E-state index in [9.17, 15) is 18.4 Å². The summed E-state index contributed by atoms with van der Waals surface area (Å²) in [5, 5.41) is 4.69. The maximum absolute atomic E-state index is 12.6. The minimum atomic E-state index is -2.95. The largest absolute Gasteiger partial charge is 0.434 e. The van der Waals surface area contributed by atoms with Gasteiger partial charge < -0.3 is 14.5 Å². The van der Waals surface area contributed by atoms with Gasteiger partial charge in [-0.2, -0.15) is 8.78 Å². The third kappa shape index (κ3) is 4.80. The highest BCUT2D eigenvalue weighted by molar-refractivity contribution is 7.14. The normalized spacial score (nSPS) is 11.2. The molecule has 4 aromatic rings. The van der Waals surface area contributed by atoms with Gasteiger partial charge in [-0.1, -0.05) is 24.3 Å². The summed E-state index contributed by atoms with van der Waals surface area (Å²) in [7, 11) is 0. The summed E-state index contributed by atoms with van der Waals surface area (Å²) in [4.78, 5) is 28.5. The van der Waals surface area contributed by atoms with Crippen LogP contribution < -0.4 is 15.8 Å². The molecule has 0 unspecified atom stereocenters. The smallest absolute Gasteiger partial charge is 0.419 e. The molecule has 0 saturated heterocycles. The minimum Gasteiger partial charge on any atom is -0.434 e. The first-order valence-electron chi connectivity index (χ1n) is 9.39. The topological polar surface area (TPSA) is 86.4 Å². The van der Waals surface area contributed by atoms with Crippen molar-refractivity contribution in [3.8, 4) is 17.0 Å². The molecule has 0 atom stereocenters. The number of rotatable bonds is 8. The number of oxazole rings is 1. The van der Waals surface area contributed by atoms with Gasteiger partial charge in [-0.05, 0) is 30.7 Å². The third-order valence-electron chi connectivity index (χ3n) is 4.49. The Labute approximate surface area is 178 Å². The Morgan fingerprint density at radius 3 is 2.81 bits per heavy atom. The van der Waals surface area contributed by atoms with Gasteiger partial charge in [-0.3, -0.25) is 9.36 Å². The van der Waals surface area contributed by atoms with Crippen molar-refractivity contribution in [1.82, 2.24) is 9.55 Å². The lowest BCUT2D eigenvalue weighted by molar-refractivity contribution is -0.116. The van der Waals surface area contributed by atoms with Crippen LogP contribution in [0.5, 0.6) is 5.75 Å². The van der Waals surface area contributed by atoms with Crippen LogP contribution in [0.25, 0.3) is 22.4 Å². The fourth-order valence-electron chi connectivity index (χ4n) is 3.14. The number of halogens is 2. The van der Waals surface area contributed by atoms with E-state index in [2.05, 4.69) is 15.0 Å². The average molecular weight is 445 g/mol. The lowest BCUT2D eigenvalue weighted by atomic mass is 10.1. The average Bonchev–Trinajstić information content (AvgIpc) is 3.32. The Hall–Kier alpha value is -3.53. The summed E-state index contributed by atoms with van der Waals surface area (Å²) in [6, 6.07) is 13.4. The summed E-state index contributed by atoms with van der Waals surface area (Å²) in [5.74, 6) is -0.715. The molecule has 0 saturated carbocycles. The Bertz CT molecular complexity index is 1260. The number of carbonyl (C=O) groups is 1. The molecule has 0 radical (unpaired) electrons. The number of nitrogens with one attached hydrogen (secondary N) is 1. The number of anilines is 1. The molecule has 7 nitrogen and oxygen atoms in total. The van der Waals surface area contributed by atoms with Crippen molar-refractivity contribution in [3.05, 3.63) is 64.5 Å². The van der Waals surface area contributed by atoms with Gasteiger partial charge in [0.1, 0.15) is 5.75 Å². The molecule has 1 amide bonds. The fourth-order valence-corrected chi connectivity index (χ4v) is 3.86. The molecule has 0 aliphatic carbocycles. The van der Waals surface area contributed by atoms with Crippen molar-refractivity contribution >= 4 is 33.5 Å². The summed E-state index contributed by atoms with van der Waals surface area (Å²) >= 11 is 1.18. The number of aromatic nitrogens is 2. The van der Waals surface area contributed by atoms with Crippen LogP contribution in [-0.4, -0.2) is 22.1 Å². The van der Waals surface area contributed by atoms with Crippen molar-refractivity contribution in [3.63, 3.8) is 0 Å². The standard InChI is InChI=1S/C21H17F2N3O4S/c22-19(23)29-16-8-3-1-6-13(16)14-12-31-20(24-14)25-18(27)10-5-11-26-15-7-2-4-9-17(15)30-21(26)28/h1-4,6-9,12,19H,5,10-11H2,(H,24,25,27). The van der Waals surface area contributed by atoms with Crippen molar-refractivity contribution in [1.29, 1.82) is 0 Å². The van der Waals surface area contributed by atoms with E-state index in [1.807, 2.05) is 6.07 Å². The molecule has 0 aliphatic rings. The van der Waals surface area contributed by atoms with Crippen LogP contribution in [0.15, 0.2) is 63.1 Å². The molecule has 0 aliphatic heterocycles. The van der Waals surface area contributed by atoms with Gasteiger partial charge in [0.05, 0.1) is 11.2 Å². The second-order valence-corrected chi connectivity index (χ2v) is 7.41. The highest BCUT2D eigenvalue weighted by Crippen LogP contribution is 2.33. The lowest BCUT2D eigenvalue weighted by Gasteiger charge is -2.08. The molecule has 2 aromatic carbocycles. The van der Waals surface area contributed by atoms with Crippen LogP contribution in [0.4, 0.5) is 13.9 Å². The highest BCUT2D eigenvalue weighted by Gasteiger charge is 2.15. The molecule has 4 rings (SSSR count). The number of ether oxygens (including phenoxy) is 1. The Morgan fingerprint density at radius 2 is 1.97 bits per heavy atom. The van der Waals surface area contributed by atoms with Gasteiger partial charge >= 0.3 is 12.4 Å². The number of carbonyl (C=O) groups excluding carboxylic acids is 1. The van der Waals surface area contributed by atoms with Crippen LogP contribution in [0, 0.1) is 0 Å². The number of alkyl halides is 2. The van der Waals surface area contributed by atoms with Crippen LogP contribution in [0.2, 0.25) is 0 Å². The summed E-state index contributed by atoms with van der Waals surface area (Å²) in [6.07, 6.45) is 0.602. The molecular weight excluding hydrogens is 428 g/mol. The molecular formula is C21H17F2N3O4S. The molecule has 2 heterocycles. The van der Waals surface area contributed by atoms with E-state index in [-0.39, 0.29) is 18.1 Å². The number of fused-ring (bicyclic) bond motifs is 1. The zero-order chi connectivity index (χ0) is 21.8. The molecule has 31 heavy (non-hydrogen) atoms. The first-order valence-corrected chi connectivity index (χ1v) is 10.3. The van der Waals surface area contributed by atoms with E-state index in [1.165, 1.54) is 22.0 Å². The van der Waals surface area contributed by atoms with Crippen LogP contribution >= 0.6 is 11.3 Å². The van der Waals surface area contributed by atoms with Crippen molar-refractivity contribution < 1.29 is 22.7 Å². The number of para-hydroxylation sites is 3. The number of thiazole rings is 1. The van der Waals surface area contributed by atoms with Crippen molar-refractivity contribution in [2.75, 3.05) is 5.32 Å². The van der Waals surface area contributed by atoms with Gasteiger partial charge in [-0.15, -0.1) is 11.3 Å². The highest BCUT2D eigenvalue weighted by atomic mass is 32.1. The first-order chi connectivity index (χ1) is 15.0. The molecule has 10 heteroatoms. The van der Waals surface area contributed by atoms with E-state index >= 15 is 0 Å². The molecule has 0 spiro atoms. The molecule has 160 valence electrons. The molecule has 2 aromatic heterocycles. The predicted molar refractivity (Wildman–Crippen MR) is 113 cm³/mol. The second kappa shape index (κ2) is 9.09. The maximum atomic E-state index is 12.6. The van der Waals surface area contributed by atoms with Gasteiger partial charge in [-0.25, -0.2) is 9.78 Å². The lowest BCUT2D eigenvalue weighted by Crippen LogP contribution is -2.17. The fraction of sp³-hybridized carbons (Fsp3) is 0.190. The third-order valence-corrected chi connectivity index (χ3v) is 5.25. The van der Waals surface area contributed by atoms with Crippen LogP contribution in [0.3, 0.4) is 0 Å². The van der Waals surface area contributed by atoms with Gasteiger partial charge in [0, 0.05) is 23.9 Å². The van der Waals surface area contributed by atoms with Gasteiger partial charge in [0.25, 0.3) is 0 Å². The van der Waals surface area contributed by atoms with Crippen molar-refractivity contribution in [2.45, 2.75) is 26.0 Å². The number of amides is 1. The van der Waals surface area contributed by atoms with E-state index in [0.29, 0.717) is 40.5 Å². The number of hydrogen-bond acceptors (Lipinski definition) is 6. The van der Waals surface area contributed by atoms with Crippen LogP contribution in [0.1, 0.15) is 12.8 Å². The Morgan fingerprint density at radius 1 is 1.19 bits per heavy atom. The number of aryl methyl sites for hydroxylation is 1. The van der Waals surface area contributed by atoms with Crippen LogP contribution in [-0.2, 0) is 11.3 Å². The maximum Gasteiger partial charge on any atom is 0.419 e. The quantitative estimate of drug-likeness (QED) is 0.423. The van der Waals surface area contributed by atoms with Gasteiger partial charge in [0.2, 0.25) is 5.91 Å². The summed E-state index contributed by atoms with van der Waals surface area (Å²) in [6.45, 7) is -2.61. The Balaban J connectivity index is 1.37. The van der Waals surface area contributed by atoms with E-state index in [4.69, 9.17) is 4.42 Å². The van der Waals surface area contributed by atoms with E-state index < -0.39 is 12.4 Å². The number of nitrogens with zero attached hydrogens (tertiary/aromatic N) is 2. The summed E-state index contributed by atoms with van der Waals surface area (Å²) in [5.41, 5.74) is 2.02. The summed E-state index contributed by atoms with van der Waals surface area (Å²) < 4.78 is 36.4. The predicted octanol–water partition coefficient (Wildman–Crippen LogP) is 4.74.